The number of likely N-dealkylation sites (N-methyl/N-ethyl adjacent to an activating group) is 1. The van der Waals surface area contributed by atoms with Crippen molar-refractivity contribution < 1.29 is 4.74 Å². The van der Waals surface area contributed by atoms with Crippen LogP contribution in [-0.4, -0.2) is 31.2 Å². The molecule has 0 bridgehead atoms. The van der Waals surface area contributed by atoms with E-state index in [2.05, 4.69) is 9.27 Å². The first kappa shape index (κ1) is 12.6. The highest BCUT2D eigenvalue weighted by Gasteiger charge is 2.15. The molecule has 0 spiro atoms. The molecule has 3 nitrogen and oxygen atoms in total. The second-order valence-electron chi connectivity index (χ2n) is 4.05. The zero-order chi connectivity index (χ0) is 12.4. The molecule has 0 radical (unpaired) electrons. The Balaban J connectivity index is 2.35. The number of aromatic nitrogens is 1. The lowest BCUT2D eigenvalue weighted by molar-refractivity contribution is 0.124. The SMILES string of the molecule is COC(C)CN(C)c1nsc2cccc(Cl)c12. The number of rotatable bonds is 4. The summed E-state index contributed by atoms with van der Waals surface area (Å²) >= 11 is 7.70. The highest BCUT2D eigenvalue weighted by atomic mass is 35.5. The maximum atomic E-state index is 6.23. The van der Waals surface area contributed by atoms with Crippen LogP contribution < -0.4 is 4.90 Å². The number of fused-ring (bicyclic) bond motifs is 1. The molecule has 1 aromatic carbocycles. The number of benzene rings is 1. The van der Waals surface area contributed by atoms with E-state index in [1.165, 1.54) is 11.5 Å². The van der Waals surface area contributed by atoms with E-state index in [0.717, 1.165) is 27.5 Å². The summed E-state index contributed by atoms with van der Waals surface area (Å²) < 4.78 is 10.8. The fourth-order valence-corrected chi connectivity index (χ4v) is 2.91. The molecule has 0 fully saturated rings. The van der Waals surface area contributed by atoms with Gasteiger partial charge in [0.05, 0.1) is 21.2 Å². The number of nitrogens with zero attached hydrogens (tertiary/aromatic N) is 2. The summed E-state index contributed by atoms with van der Waals surface area (Å²) in [6.45, 7) is 2.83. The third-order valence-electron chi connectivity index (χ3n) is 2.72. The van der Waals surface area contributed by atoms with Crippen molar-refractivity contribution in [3.63, 3.8) is 0 Å². The van der Waals surface area contributed by atoms with E-state index >= 15 is 0 Å². The van der Waals surface area contributed by atoms with Crippen molar-refractivity contribution in [3.8, 4) is 0 Å². The minimum Gasteiger partial charge on any atom is -0.380 e. The molecule has 0 aliphatic heterocycles. The van der Waals surface area contributed by atoms with Crippen LogP contribution in [0.4, 0.5) is 5.82 Å². The van der Waals surface area contributed by atoms with Crippen LogP contribution in [0.25, 0.3) is 10.1 Å². The van der Waals surface area contributed by atoms with Crippen molar-refractivity contribution in [3.05, 3.63) is 23.2 Å². The van der Waals surface area contributed by atoms with E-state index in [1.807, 2.05) is 32.2 Å². The standard InChI is InChI=1S/C12H15ClN2OS/c1-8(16-3)7-15(2)12-11-9(13)5-4-6-10(11)17-14-12/h4-6,8H,7H2,1-3H3. The molecular formula is C12H15ClN2OS. The Bertz CT molecular complexity index is 514. The van der Waals surface area contributed by atoms with Gasteiger partial charge in [0.1, 0.15) is 0 Å². The van der Waals surface area contributed by atoms with Gasteiger partial charge in [0, 0.05) is 20.7 Å². The second kappa shape index (κ2) is 5.21. The fourth-order valence-electron chi connectivity index (χ4n) is 1.74. The molecule has 17 heavy (non-hydrogen) atoms. The van der Waals surface area contributed by atoms with Gasteiger partial charge in [-0.05, 0) is 30.6 Å². The molecule has 5 heteroatoms. The van der Waals surface area contributed by atoms with Crippen molar-refractivity contribution in [2.75, 3.05) is 25.6 Å². The molecule has 1 unspecified atom stereocenters. The molecule has 1 heterocycles. The molecule has 0 aliphatic rings. The average molecular weight is 271 g/mol. The highest BCUT2D eigenvalue weighted by Crippen LogP contribution is 2.34. The van der Waals surface area contributed by atoms with Crippen LogP contribution in [0, 0.1) is 0 Å². The van der Waals surface area contributed by atoms with E-state index in [-0.39, 0.29) is 6.10 Å². The largest absolute Gasteiger partial charge is 0.380 e. The van der Waals surface area contributed by atoms with Crippen molar-refractivity contribution in [1.29, 1.82) is 0 Å². The molecule has 2 rings (SSSR count). The van der Waals surface area contributed by atoms with Gasteiger partial charge >= 0.3 is 0 Å². The molecule has 1 atom stereocenters. The molecule has 0 amide bonds. The number of hydrogen-bond acceptors (Lipinski definition) is 4. The van der Waals surface area contributed by atoms with Crippen LogP contribution in [0.3, 0.4) is 0 Å². The normalized spacial score (nSPS) is 12.9. The number of hydrogen-bond donors (Lipinski definition) is 0. The molecule has 2 aromatic rings. The van der Waals surface area contributed by atoms with E-state index in [0.29, 0.717) is 0 Å². The quantitative estimate of drug-likeness (QED) is 0.851. The van der Waals surface area contributed by atoms with Gasteiger partial charge in [0.25, 0.3) is 0 Å². The van der Waals surface area contributed by atoms with Crippen LogP contribution in [-0.2, 0) is 4.74 Å². The topological polar surface area (TPSA) is 25.4 Å². The van der Waals surface area contributed by atoms with Crippen molar-refractivity contribution in [2.24, 2.45) is 0 Å². The Kier molecular flexibility index (Phi) is 3.86. The molecule has 0 aliphatic carbocycles. The average Bonchev–Trinajstić information content (AvgIpc) is 2.74. The van der Waals surface area contributed by atoms with Crippen LogP contribution >= 0.6 is 23.1 Å². The van der Waals surface area contributed by atoms with E-state index in [9.17, 15) is 0 Å². The third kappa shape index (κ3) is 2.54. The monoisotopic (exact) mass is 270 g/mol. The van der Waals surface area contributed by atoms with Crippen molar-refractivity contribution in [1.82, 2.24) is 4.37 Å². The first-order chi connectivity index (χ1) is 8.13. The Morgan fingerprint density at radius 3 is 3.00 bits per heavy atom. The summed E-state index contributed by atoms with van der Waals surface area (Å²) in [5, 5.41) is 1.79. The summed E-state index contributed by atoms with van der Waals surface area (Å²) in [6.07, 6.45) is 0.166. The van der Waals surface area contributed by atoms with Crippen molar-refractivity contribution in [2.45, 2.75) is 13.0 Å². The van der Waals surface area contributed by atoms with Gasteiger partial charge in [-0.15, -0.1) is 0 Å². The second-order valence-corrected chi connectivity index (χ2v) is 5.26. The smallest absolute Gasteiger partial charge is 0.151 e. The summed E-state index contributed by atoms with van der Waals surface area (Å²) in [6, 6.07) is 5.88. The van der Waals surface area contributed by atoms with Crippen LogP contribution in [0.1, 0.15) is 6.92 Å². The van der Waals surface area contributed by atoms with Gasteiger partial charge in [-0.1, -0.05) is 17.7 Å². The van der Waals surface area contributed by atoms with Crippen LogP contribution in [0.15, 0.2) is 18.2 Å². The highest BCUT2D eigenvalue weighted by molar-refractivity contribution is 7.13. The lowest BCUT2D eigenvalue weighted by Crippen LogP contribution is -2.28. The fraction of sp³-hybridized carbons (Fsp3) is 0.417. The first-order valence-electron chi connectivity index (χ1n) is 5.41. The van der Waals surface area contributed by atoms with Gasteiger partial charge in [0.15, 0.2) is 5.82 Å². The maximum Gasteiger partial charge on any atom is 0.151 e. The zero-order valence-electron chi connectivity index (χ0n) is 10.1. The summed E-state index contributed by atoms with van der Waals surface area (Å²) in [5.41, 5.74) is 0. The van der Waals surface area contributed by atoms with Crippen LogP contribution in [0.5, 0.6) is 0 Å². The Morgan fingerprint density at radius 2 is 2.29 bits per heavy atom. The molecule has 0 N–H and O–H groups in total. The maximum absolute atomic E-state index is 6.23. The minimum atomic E-state index is 0.166. The van der Waals surface area contributed by atoms with E-state index < -0.39 is 0 Å². The number of ether oxygens (including phenoxy) is 1. The minimum absolute atomic E-state index is 0.166. The first-order valence-corrected chi connectivity index (χ1v) is 6.56. The Labute approximate surface area is 110 Å². The molecule has 0 saturated heterocycles. The Hall–Kier alpha value is -0.840. The summed E-state index contributed by atoms with van der Waals surface area (Å²) in [4.78, 5) is 2.08. The molecular weight excluding hydrogens is 256 g/mol. The van der Waals surface area contributed by atoms with E-state index in [4.69, 9.17) is 16.3 Å². The number of methoxy groups -OCH3 is 1. The zero-order valence-corrected chi connectivity index (χ0v) is 11.7. The lowest BCUT2D eigenvalue weighted by Gasteiger charge is -2.20. The molecule has 1 aromatic heterocycles. The van der Waals surface area contributed by atoms with Gasteiger partial charge in [-0.25, -0.2) is 0 Å². The van der Waals surface area contributed by atoms with Gasteiger partial charge < -0.3 is 9.64 Å². The van der Waals surface area contributed by atoms with Crippen LogP contribution in [0.2, 0.25) is 5.02 Å². The predicted molar refractivity (Wildman–Crippen MR) is 74.4 cm³/mol. The Morgan fingerprint density at radius 1 is 1.53 bits per heavy atom. The van der Waals surface area contributed by atoms with Gasteiger partial charge in [-0.2, -0.15) is 4.37 Å². The van der Waals surface area contributed by atoms with E-state index in [1.54, 1.807) is 7.11 Å². The molecule has 0 saturated carbocycles. The van der Waals surface area contributed by atoms with Gasteiger partial charge in [0.2, 0.25) is 0 Å². The number of anilines is 1. The lowest BCUT2D eigenvalue weighted by atomic mass is 10.2. The summed E-state index contributed by atoms with van der Waals surface area (Å²) in [7, 11) is 3.72. The summed E-state index contributed by atoms with van der Waals surface area (Å²) in [5.74, 6) is 0.930. The number of halogens is 1. The third-order valence-corrected chi connectivity index (χ3v) is 3.84. The molecule has 92 valence electrons. The predicted octanol–water partition coefficient (Wildman–Crippen LogP) is 3.42. The van der Waals surface area contributed by atoms with Crippen molar-refractivity contribution >= 4 is 39.0 Å². The van der Waals surface area contributed by atoms with Gasteiger partial charge in [-0.3, -0.25) is 0 Å².